The highest BCUT2D eigenvalue weighted by molar-refractivity contribution is 6.17. The minimum atomic E-state index is -0.647. The van der Waals surface area contributed by atoms with E-state index >= 15 is 0 Å². The first-order chi connectivity index (χ1) is 9.67. The fourth-order valence-corrected chi connectivity index (χ4v) is 2.02. The number of halogens is 1. The van der Waals surface area contributed by atoms with E-state index in [4.69, 9.17) is 16.3 Å². The Labute approximate surface area is 124 Å². The van der Waals surface area contributed by atoms with Crippen molar-refractivity contribution in [1.82, 2.24) is 5.32 Å². The van der Waals surface area contributed by atoms with Crippen LogP contribution in [0.25, 0.3) is 0 Å². The van der Waals surface area contributed by atoms with Crippen molar-refractivity contribution in [1.29, 1.82) is 0 Å². The number of methoxy groups -OCH3 is 1. The van der Waals surface area contributed by atoms with Crippen molar-refractivity contribution >= 4 is 23.5 Å². The smallest absolute Gasteiger partial charge is 0.328 e. The fourth-order valence-electron chi connectivity index (χ4n) is 1.83. The third kappa shape index (κ3) is 6.06. The zero-order chi connectivity index (χ0) is 14.8. The molecule has 20 heavy (non-hydrogen) atoms. The summed E-state index contributed by atoms with van der Waals surface area (Å²) in [5.74, 6) is -0.0430. The van der Waals surface area contributed by atoms with Gasteiger partial charge in [0.2, 0.25) is 5.91 Å². The van der Waals surface area contributed by atoms with E-state index in [1.807, 2.05) is 30.3 Å². The number of hydrogen-bond donors (Lipinski definition) is 1. The second kappa shape index (κ2) is 9.37. The minimum Gasteiger partial charge on any atom is -0.467 e. The maximum absolute atomic E-state index is 11.8. The number of amides is 1. The van der Waals surface area contributed by atoms with E-state index < -0.39 is 12.0 Å². The largest absolute Gasteiger partial charge is 0.467 e. The highest BCUT2D eigenvalue weighted by Gasteiger charge is 2.21. The summed E-state index contributed by atoms with van der Waals surface area (Å²) in [7, 11) is 1.32. The van der Waals surface area contributed by atoms with Crippen LogP contribution in [0.1, 0.15) is 24.8 Å². The predicted octanol–water partition coefficient (Wildman–Crippen LogP) is 2.30. The van der Waals surface area contributed by atoms with Crippen molar-refractivity contribution in [2.75, 3.05) is 13.0 Å². The third-order valence-electron chi connectivity index (χ3n) is 2.89. The van der Waals surface area contributed by atoms with Gasteiger partial charge < -0.3 is 10.1 Å². The zero-order valence-electron chi connectivity index (χ0n) is 11.6. The van der Waals surface area contributed by atoms with Crippen LogP contribution in [-0.2, 0) is 20.7 Å². The maximum atomic E-state index is 11.8. The molecule has 0 aliphatic heterocycles. The monoisotopic (exact) mass is 297 g/mol. The van der Waals surface area contributed by atoms with E-state index in [0.717, 1.165) is 12.0 Å². The molecule has 1 rings (SSSR count). The molecule has 0 aromatic heterocycles. The summed E-state index contributed by atoms with van der Waals surface area (Å²) >= 11 is 5.57. The molecule has 0 unspecified atom stereocenters. The summed E-state index contributed by atoms with van der Waals surface area (Å²) in [4.78, 5) is 23.5. The average Bonchev–Trinajstić information content (AvgIpc) is 2.47. The van der Waals surface area contributed by atoms with E-state index in [2.05, 4.69) is 5.32 Å². The van der Waals surface area contributed by atoms with Gasteiger partial charge in [0.15, 0.2) is 0 Å². The van der Waals surface area contributed by atoms with Gasteiger partial charge in [-0.3, -0.25) is 4.79 Å². The van der Waals surface area contributed by atoms with E-state index in [-0.39, 0.29) is 5.91 Å². The third-order valence-corrected chi connectivity index (χ3v) is 3.16. The number of ether oxygens (including phenoxy) is 1. The Hall–Kier alpha value is -1.55. The number of carbonyl (C=O) groups is 2. The topological polar surface area (TPSA) is 55.4 Å². The van der Waals surface area contributed by atoms with Crippen LogP contribution >= 0.6 is 11.6 Å². The average molecular weight is 298 g/mol. The molecule has 0 fully saturated rings. The van der Waals surface area contributed by atoms with Gasteiger partial charge in [-0.1, -0.05) is 30.3 Å². The molecular formula is C15H20ClNO3. The van der Waals surface area contributed by atoms with Crippen molar-refractivity contribution in [3.63, 3.8) is 0 Å². The van der Waals surface area contributed by atoms with Crippen molar-refractivity contribution in [2.24, 2.45) is 0 Å². The summed E-state index contributed by atoms with van der Waals surface area (Å²) in [6.45, 7) is 0. The van der Waals surface area contributed by atoms with Crippen LogP contribution in [0.3, 0.4) is 0 Å². The highest BCUT2D eigenvalue weighted by atomic mass is 35.5. The second-order valence-corrected chi connectivity index (χ2v) is 4.86. The minimum absolute atomic E-state index is 0.151. The molecule has 0 spiro atoms. The van der Waals surface area contributed by atoms with E-state index in [9.17, 15) is 9.59 Å². The van der Waals surface area contributed by atoms with Crippen LogP contribution in [0.5, 0.6) is 0 Å². The molecule has 1 atom stereocenters. The normalized spacial score (nSPS) is 11.7. The summed E-state index contributed by atoms with van der Waals surface area (Å²) in [5.41, 5.74) is 0.976. The van der Waals surface area contributed by atoms with Gasteiger partial charge >= 0.3 is 5.97 Å². The van der Waals surface area contributed by atoms with Crippen molar-refractivity contribution in [2.45, 2.75) is 31.7 Å². The summed E-state index contributed by atoms with van der Waals surface area (Å²) in [6.07, 6.45) is 2.30. The van der Waals surface area contributed by atoms with Crippen LogP contribution in [0.4, 0.5) is 0 Å². The van der Waals surface area contributed by atoms with Gasteiger partial charge in [0, 0.05) is 18.7 Å². The Kier molecular flexibility index (Phi) is 7.73. The molecule has 0 saturated carbocycles. The number of alkyl halides is 1. The molecule has 1 amide bonds. The molecule has 110 valence electrons. The summed E-state index contributed by atoms with van der Waals surface area (Å²) < 4.78 is 4.74. The second-order valence-electron chi connectivity index (χ2n) is 4.48. The first-order valence-corrected chi connectivity index (χ1v) is 7.18. The van der Waals surface area contributed by atoms with Gasteiger partial charge in [-0.2, -0.15) is 0 Å². The lowest BCUT2D eigenvalue weighted by atomic mass is 10.1. The van der Waals surface area contributed by atoms with Crippen molar-refractivity contribution in [3.8, 4) is 0 Å². The Bertz CT molecular complexity index is 422. The van der Waals surface area contributed by atoms with Gasteiger partial charge in [0.25, 0.3) is 0 Å². The first-order valence-electron chi connectivity index (χ1n) is 6.64. The van der Waals surface area contributed by atoms with Crippen molar-refractivity contribution < 1.29 is 14.3 Å². The number of esters is 1. The molecule has 0 aliphatic carbocycles. The van der Waals surface area contributed by atoms with Gasteiger partial charge in [0.05, 0.1) is 7.11 Å². The van der Waals surface area contributed by atoms with Crippen LogP contribution < -0.4 is 5.32 Å². The number of rotatable bonds is 8. The van der Waals surface area contributed by atoms with E-state index in [0.29, 0.717) is 25.1 Å². The molecule has 4 nitrogen and oxygen atoms in total. The van der Waals surface area contributed by atoms with E-state index in [1.165, 1.54) is 7.11 Å². The zero-order valence-corrected chi connectivity index (χ0v) is 12.4. The molecule has 0 heterocycles. The van der Waals surface area contributed by atoms with Crippen LogP contribution in [0.2, 0.25) is 0 Å². The molecule has 0 bridgehead atoms. The molecule has 1 N–H and O–H groups in total. The highest BCUT2D eigenvalue weighted by Crippen LogP contribution is 2.05. The van der Waals surface area contributed by atoms with Gasteiger partial charge in [-0.15, -0.1) is 11.6 Å². The number of carbonyl (C=O) groups excluding carboxylic acids is 2. The molecule has 0 saturated heterocycles. The lowest BCUT2D eigenvalue weighted by molar-refractivity contribution is -0.145. The number of nitrogens with one attached hydrogen (secondary N) is 1. The Morgan fingerprint density at radius 3 is 2.55 bits per heavy atom. The molecule has 5 heteroatoms. The van der Waals surface area contributed by atoms with Crippen LogP contribution in [-0.4, -0.2) is 30.9 Å². The van der Waals surface area contributed by atoms with Crippen LogP contribution in [0.15, 0.2) is 30.3 Å². The Morgan fingerprint density at radius 2 is 1.95 bits per heavy atom. The van der Waals surface area contributed by atoms with Gasteiger partial charge in [0.1, 0.15) is 6.04 Å². The molecule has 0 aliphatic rings. The van der Waals surface area contributed by atoms with Crippen LogP contribution in [0, 0.1) is 0 Å². The molecule has 1 aromatic carbocycles. The SMILES string of the molecule is COC(=O)[C@H](Cc1ccccc1)NC(=O)CCCCCl. The maximum Gasteiger partial charge on any atom is 0.328 e. The number of hydrogen-bond acceptors (Lipinski definition) is 3. The Balaban J connectivity index is 2.56. The fraction of sp³-hybridized carbons (Fsp3) is 0.467. The molecule has 0 radical (unpaired) electrons. The number of unbranched alkanes of at least 4 members (excludes halogenated alkanes) is 1. The summed E-state index contributed by atoms with van der Waals surface area (Å²) in [6, 6.07) is 8.87. The lowest BCUT2D eigenvalue weighted by Crippen LogP contribution is -2.43. The summed E-state index contributed by atoms with van der Waals surface area (Å²) in [5, 5.41) is 2.72. The number of benzene rings is 1. The standard InChI is InChI=1S/C15H20ClNO3/c1-20-15(19)13(11-12-7-3-2-4-8-12)17-14(18)9-5-6-10-16/h2-4,7-8,13H,5-6,9-11H2,1H3,(H,17,18)/t13-/m0/s1. The van der Waals surface area contributed by atoms with Gasteiger partial charge in [-0.25, -0.2) is 4.79 Å². The Morgan fingerprint density at radius 1 is 1.25 bits per heavy atom. The first kappa shape index (κ1) is 16.5. The lowest BCUT2D eigenvalue weighted by Gasteiger charge is -2.16. The van der Waals surface area contributed by atoms with Gasteiger partial charge in [-0.05, 0) is 18.4 Å². The van der Waals surface area contributed by atoms with Crippen molar-refractivity contribution in [3.05, 3.63) is 35.9 Å². The molecule has 1 aromatic rings. The molecular weight excluding hydrogens is 278 g/mol. The predicted molar refractivity (Wildman–Crippen MR) is 78.7 cm³/mol. The van der Waals surface area contributed by atoms with E-state index in [1.54, 1.807) is 0 Å². The quantitative estimate of drug-likeness (QED) is 0.455.